The van der Waals surface area contributed by atoms with E-state index in [2.05, 4.69) is 9.47 Å². The molecule has 1 aliphatic heterocycles. The maximum absolute atomic E-state index is 9.84. The standard InChI is InChI=1S/C4H6O4.Na/c5-3(6)4-7-1-2-8-4;/h4H,1-2H2,(H,5,6);/q;+1/p-1. The van der Waals surface area contributed by atoms with Gasteiger partial charge >= 0.3 is 29.6 Å². The molecule has 0 atom stereocenters. The van der Waals surface area contributed by atoms with Crippen LogP contribution in [-0.4, -0.2) is 25.5 Å². The summed E-state index contributed by atoms with van der Waals surface area (Å²) in [6, 6.07) is 0. The summed E-state index contributed by atoms with van der Waals surface area (Å²) >= 11 is 0. The van der Waals surface area contributed by atoms with Gasteiger partial charge in [0.15, 0.2) is 6.29 Å². The molecule has 0 N–H and O–H groups in total. The Bertz CT molecular complexity index is 98.7. The van der Waals surface area contributed by atoms with Crippen LogP contribution in [0.3, 0.4) is 0 Å². The molecule has 5 heteroatoms. The summed E-state index contributed by atoms with van der Waals surface area (Å²) in [6.45, 7) is 0.692. The van der Waals surface area contributed by atoms with E-state index in [0.717, 1.165) is 0 Å². The number of rotatable bonds is 1. The largest absolute Gasteiger partial charge is 1.00 e. The summed E-state index contributed by atoms with van der Waals surface area (Å²) in [7, 11) is 0. The minimum atomic E-state index is -1.30. The SMILES string of the molecule is O=C([O-])C1OCCO1.[Na+]. The molecular formula is C4H5NaO4. The van der Waals surface area contributed by atoms with Gasteiger partial charge in [0.2, 0.25) is 0 Å². The Morgan fingerprint density at radius 3 is 2.11 bits per heavy atom. The van der Waals surface area contributed by atoms with Gasteiger partial charge in [-0.3, -0.25) is 0 Å². The van der Waals surface area contributed by atoms with Crippen molar-refractivity contribution in [2.75, 3.05) is 13.2 Å². The van der Waals surface area contributed by atoms with Gasteiger partial charge in [-0.25, -0.2) is 0 Å². The molecule has 0 radical (unpaired) electrons. The summed E-state index contributed by atoms with van der Waals surface area (Å²) in [5.41, 5.74) is 0. The molecule has 0 aromatic rings. The van der Waals surface area contributed by atoms with E-state index in [-0.39, 0.29) is 29.6 Å². The van der Waals surface area contributed by atoms with E-state index in [1.165, 1.54) is 0 Å². The number of carboxylic acid groups (broad SMARTS) is 1. The third kappa shape index (κ3) is 2.64. The van der Waals surface area contributed by atoms with Crippen molar-refractivity contribution in [1.29, 1.82) is 0 Å². The van der Waals surface area contributed by atoms with Crippen molar-refractivity contribution in [2.24, 2.45) is 0 Å². The number of aliphatic carboxylic acids is 1. The van der Waals surface area contributed by atoms with Gasteiger partial charge in [0.1, 0.15) is 0 Å². The zero-order chi connectivity index (χ0) is 5.98. The van der Waals surface area contributed by atoms with E-state index in [1.54, 1.807) is 0 Å². The fraction of sp³-hybridized carbons (Fsp3) is 0.750. The molecule has 4 nitrogen and oxygen atoms in total. The smallest absolute Gasteiger partial charge is 0.545 e. The van der Waals surface area contributed by atoms with Crippen LogP contribution in [0, 0.1) is 0 Å². The molecule has 1 fully saturated rings. The van der Waals surface area contributed by atoms with Gasteiger partial charge in [-0.1, -0.05) is 0 Å². The molecule has 1 rings (SSSR count). The Labute approximate surface area is 74.4 Å². The van der Waals surface area contributed by atoms with E-state index in [0.29, 0.717) is 13.2 Å². The monoisotopic (exact) mass is 140 g/mol. The summed E-state index contributed by atoms with van der Waals surface area (Å²) in [4.78, 5) is 9.84. The average Bonchev–Trinajstić information content (AvgIpc) is 2.12. The van der Waals surface area contributed by atoms with Crippen LogP contribution in [0.1, 0.15) is 0 Å². The molecule has 0 aliphatic carbocycles. The maximum Gasteiger partial charge on any atom is 1.00 e. The number of ether oxygens (including phenoxy) is 2. The Kier molecular flexibility index (Phi) is 4.43. The predicted octanol–water partition coefficient (Wildman–Crippen LogP) is -4.89. The van der Waals surface area contributed by atoms with Crippen LogP contribution >= 0.6 is 0 Å². The molecule has 9 heavy (non-hydrogen) atoms. The number of hydrogen-bond acceptors (Lipinski definition) is 4. The molecule has 1 aliphatic rings. The zero-order valence-electron chi connectivity index (χ0n) is 5.12. The summed E-state index contributed by atoms with van der Waals surface area (Å²) in [6.07, 6.45) is -1.13. The van der Waals surface area contributed by atoms with E-state index < -0.39 is 12.3 Å². The molecule has 0 unspecified atom stereocenters. The van der Waals surface area contributed by atoms with Crippen LogP contribution in [-0.2, 0) is 14.3 Å². The van der Waals surface area contributed by atoms with Crippen LogP contribution in [0.25, 0.3) is 0 Å². The Hall–Kier alpha value is 0.390. The Morgan fingerprint density at radius 1 is 1.44 bits per heavy atom. The van der Waals surface area contributed by atoms with Gasteiger partial charge in [0.25, 0.3) is 0 Å². The van der Waals surface area contributed by atoms with Gasteiger partial charge in [0, 0.05) is 0 Å². The minimum absolute atomic E-state index is 0. The van der Waals surface area contributed by atoms with Crippen molar-refractivity contribution in [1.82, 2.24) is 0 Å². The Balaban J connectivity index is 0.000000640. The van der Waals surface area contributed by atoms with Crippen molar-refractivity contribution < 1.29 is 48.9 Å². The quantitative estimate of drug-likeness (QED) is 0.342. The Morgan fingerprint density at radius 2 is 1.89 bits per heavy atom. The van der Waals surface area contributed by atoms with Crippen molar-refractivity contribution in [3.8, 4) is 0 Å². The second kappa shape index (κ2) is 4.24. The first-order chi connectivity index (χ1) is 3.80. The first kappa shape index (κ1) is 9.39. The van der Waals surface area contributed by atoms with Gasteiger partial charge in [-0.15, -0.1) is 0 Å². The molecule has 1 heterocycles. The van der Waals surface area contributed by atoms with Crippen molar-refractivity contribution in [3.05, 3.63) is 0 Å². The molecule has 0 aromatic heterocycles. The van der Waals surface area contributed by atoms with Crippen molar-refractivity contribution in [2.45, 2.75) is 6.29 Å². The number of hydrogen-bond donors (Lipinski definition) is 0. The average molecular weight is 140 g/mol. The van der Waals surface area contributed by atoms with E-state index in [9.17, 15) is 9.90 Å². The number of carbonyl (C=O) groups is 1. The normalized spacial score (nSPS) is 19.1. The molecule has 0 bridgehead atoms. The van der Waals surface area contributed by atoms with Gasteiger partial charge in [0.05, 0.1) is 19.2 Å². The van der Waals surface area contributed by atoms with E-state index >= 15 is 0 Å². The van der Waals surface area contributed by atoms with Crippen LogP contribution in [0.2, 0.25) is 0 Å². The molecule has 0 amide bonds. The summed E-state index contributed by atoms with van der Waals surface area (Å²) in [5, 5.41) is 9.84. The van der Waals surface area contributed by atoms with Gasteiger partial charge < -0.3 is 19.4 Å². The molecule has 46 valence electrons. The van der Waals surface area contributed by atoms with Crippen LogP contribution < -0.4 is 34.7 Å². The number of carboxylic acids is 1. The first-order valence-corrected chi connectivity index (χ1v) is 2.25. The van der Waals surface area contributed by atoms with E-state index in [4.69, 9.17) is 0 Å². The second-order valence-corrected chi connectivity index (χ2v) is 1.39. The molecule has 0 spiro atoms. The zero-order valence-corrected chi connectivity index (χ0v) is 7.12. The van der Waals surface area contributed by atoms with Gasteiger partial charge in [-0.2, -0.15) is 0 Å². The summed E-state index contributed by atoms with van der Waals surface area (Å²) < 4.78 is 9.06. The topological polar surface area (TPSA) is 58.6 Å². The predicted molar refractivity (Wildman–Crippen MR) is 20.7 cm³/mol. The van der Waals surface area contributed by atoms with Gasteiger partial charge in [-0.05, 0) is 0 Å². The third-order valence-corrected chi connectivity index (χ3v) is 0.814. The minimum Gasteiger partial charge on any atom is -0.545 e. The van der Waals surface area contributed by atoms with Crippen molar-refractivity contribution in [3.63, 3.8) is 0 Å². The molecular weight excluding hydrogens is 135 g/mol. The molecule has 0 saturated carbocycles. The first-order valence-electron chi connectivity index (χ1n) is 2.25. The fourth-order valence-electron chi connectivity index (χ4n) is 0.494. The van der Waals surface area contributed by atoms with Crippen LogP contribution in [0.15, 0.2) is 0 Å². The van der Waals surface area contributed by atoms with E-state index in [1.807, 2.05) is 0 Å². The second-order valence-electron chi connectivity index (χ2n) is 1.39. The van der Waals surface area contributed by atoms with Crippen LogP contribution in [0.5, 0.6) is 0 Å². The summed E-state index contributed by atoms with van der Waals surface area (Å²) in [5.74, 6) is -1.30. The maximum atomic E-state index is 9.84. The van der Waals surface area contributed by atoms with Crippen LogP contribution in [0.4, 0.5) is 0 Å². The van der Waals surface area contributed by atoms with Crippen molar-refractivity contribution >= 4 is 5.97 Å². The molecule has 1 saturated heterocycles. The number of carbonyl (C=O) groups excluding carboxylic acids is 1. The third-order valence-electron chi connectivity index (χ3n) is 0.814. The fourth-order valence-corrected chi connectivity index (χ4v) is 0.494. The molecule has 0 aromatic carbocycles.